The van der Waals surface area contributed by atoms with Gasteiger partial charge >= 0.3 is 0 Å². The molecule has 3 amide bonds. The number of carbonyl (C=O) groups is 3. The first-order valence-corrected chi connectivity index (χ1v) is 11.1. The van der Waals surface area contributed by atoms with Gasteiger partial charge in [-0.3, -0.25) is 14.4 Å². The Bertz CT molecular complexity index is 1190. The van der Waals surface area contributed by atoms with Gasteiger partial charge in [0.05, 0.1) is 6.04 Å². The van der Waals surface area contributed by atoms with Crippen molar-refractivity contribution in [1.82, 2.24) is 14.8 Å². The Morgan fingerprint density at radius 3 is 2.50 bits per heavy atom. The molecule has 2 aliphatic heterocycles. The van der Waals surface area contributed by atoms with E-state index < -0.39 is 0 Å². The fraction of sp³-hybridized carbons (Fsp3) is 0.320. The van der Waals surface area contributed by atoms with Crippen LogP contribution in [0.3, 0.4) is 0 Å². The Morgan fingerprint density at radius 2 is 1.72 bits per heavy atom. The number of nitrogens with zero attached hydrogens (tertiary/aromatic N) is 2. The minimum atomic E-state index is -0.293. The predicted molar refractivity (Wildman–Crippen MR) is 121 cm³/mol. The molecule has 1 aromatic heterocycles. The van der Waals surface area contributed by atoms with Gasteiger partial charge in [-0.05, 0) is 30.5 Å². The molecule has 0 aliphatic carbocycles. The molecule has 1 saturated heterocycles. The fourth-order valence-corrected chi connectivity index (χ4v) is 5.04. The van der Waals surface area contributed by atoms with Gasteiger partial charge in [0, 0.05) is 60.2 Å². The van der Waals surface area contributed by atoms with Crippen LogP contribution >= 0.6 is 0 Å². The standard InChI is InChI=1S/C25H26N4O3/c26-24(31)16-9-12-28(13-10-16)22(30)11-14-29-23(18-6-1-2-7-19(18)25(29)32)20-15-27-21-8-4-3-5-17(20)21/h1-8,15-16,23,27H,9-14H2,(H2,26,31). The predicted octanol–water partition coefficient (Wildman–Crippen LogP) is 2.83. The number of hydrogen-bond acceptors (Lipinski definition) is 3. The third-order valence-electron chi connectivity index (χ3n) is 6.79. The van der Waals surface area contributed by atoms with Crippen LogP contribution in [0.25, 0.3) is 10.9 Å². The van der Waals surface area contributed by atoms with Crippen LogP contribution in [0.2, 0.25) is 0 Å². The van der Waals surface area contributed by atoms with E-state index in [0.717, 1.165) is 22.0 Å². The van der Waals surface area contributed by atoms with Gasteiger partial charge < -0.3 is 20.5 Å². The maximum absolute atomic E-state index is 13.3. The topological polar surface area (TPSA) is 99.5 Å². The van der Waals surface area contributed by atoms with E-state index in [-0.39, 0.29) is 36.1 Å². The van der Waals surface area contributed by atoms with Gasteiger partial charge in [0.1, 0.15) is 0 Å². The summed E-state index contributed by atoms with van der Waals surface area (Å²) in [5.41, 5.74) is 9.12. The highest BCUT2D eigenvalue weighted by Gasteiger charge is 2.38. The Balaban J connectivity index is 1.37. The monoisotopic (exact) mass is 430 g/mol. The summed E-state index contributed by atoms with van der Waals surface area (Å²) >= 11 is 0. The van der Waals surface area contributed by atoms with Crippen molar-refractivity contribution in [2.45, 2.75) is 25.3 Å². The third-order valence-corrected chi connectivity index (χ3v) is 6.79. The lowest BCUT2D eigenvalue weighted by Gasteiger charge is -2.32. The van der Waals surface area contributed by atoms with Gasteiger partial charge in [-0.15, -0.1) is 0 Å². The quantitative estimate of drug-likeness (QED) is 0.651. The Hall–Kier alpha value is -3.61. The second kappa shape index (κ2) is 8.15. The fourth-order valence-electron chi connectivity index (χ4n) is 5.04. The highest BCUT2D eigenvalue weighted by Crippen LogP contribution is 2.41. The largest absolute Gasteiger partial charge is 0.369 e. The molecule has 0 saturated carbocycles. The summed E-state index contributed by atoms with van der Waals surface area (Å²) < 4.78 is 0. The highest BCUT2D eigenvalue weighted by atomic mass is 16.2. The number of aromatic nitrogens is 1. The summed E-state index contributed by atoms with van der Waals surface area (Å²) in [5, 5.41) is 1.08. The number of nitrogens with one attached hydrogen (secondary N) is 1. The van der Waals surface area contributed by atoms with Crippen molar-refractivity contribution in [2.24, 2.45) is 11.7 Å². The van der Waals surface area contributed by atoms with Crippen molar-refractivity contribution in [1.29, 1.82) is 0 Å². The summed E-state index contributed by atoms with van der Waals surface area (Å²) in [5.74, 6) is -0.482. The van der Waals surface area contributed by atoms with Crippen molar-refractivity contribution in [3.63, 3.8) is 0 Å². The SMILES string of the molecule is NC(=O)C1CCN(C(=O)CCN2C(=O)c3ccccc3C2c2c[nH]c3ccccc23)CC1. The Kier molecular flexibility index (Phi) is 5.17. The van der Waals surface area contributed by atoms with Crippen molar-refractivity contribution in [3.05, 3.63) is 71.4 Å². The average molecular weight is 431 g/mol. The number of likely N-dealkylation sites (tertiary alicyclic amines) is 1. The molecule has 32 heavy (non-hydrogen) atoms. The molecule has 0 spiro atoms. The zero-order chi connectivity index (χ0) is 22.2. The number of fused-ring (bicyclic) bond motifs is 2. The second-order valence-corrected chi connectivity index (χ2v) is 8.59. The van der Waals surface area contributed by atoms with E-state index in [1.165, 1.54) is 0 Å². The van der Waals surface area contributed by atoms with Gasteiger partial charge in [-0.2, -0.15) is 0 Å². The first kappa shape index (κ1) is 20.3. The zero-order valence-corrected chi connectivity index (χ0v) is 17.8. The summed E-state index contributed by atoms with van der Waals surface area (Å²) in [6, 6.07) is 15.5. The van der Waals surface area contributed by atoms with E-state index in [1.807, 2.05) is 53.6 Å². The van der Waals surface area contributed by atoms with Crippen LogP contribution in [0.15, 0.2) is 54.7 Å². The van der Waals surface area contributed by atoms with Gasteiger partial charge in [-0.25, -0.2) is 0 Å². The average Bonchev–Trinajstić information content (AvgIpc) is 3.36. The smallest absolute Gasteiger partial charge is 0.255 e. The number of nitrogens with two attached hydrogens (primary N) is 1. The van der Waals surface area contributed by atoms with E-state index in [0.29, 0.717) is 38.0 Å². The normalized spacial score (nSPS) is 18.9. The lowest BCUT2D eigenvalue weighted by molar-refractivity contribution is -0.135. The molecular weight excluding hydrogens is 404 g/mol. The Labute approximate surface area is 186 Å². The molecule has 1 atom stereocenters. The van der Waals surface area contributed by atoms with Crippen molar-refractivity contribution in [3.8, 4) is 0 Å². The second-order valence-electron chi connectivity index (χ2n) is 8.59. The van der Waals surface area contributed by atoms with Crippen LogP contribution in [0.1, 0.15) is 46.8 Å². The number of carbonyl (C=O) groups excluding carboxylic acids is 3. The third kappa shape index (κ3) is 3.43. The minimum absolute atomic E-state index is 0.00866. The molecule has 0 bridgehead atoms. The number of rotatable bonds is 5. The highest BCUT2D eigenvalue weighted by molar-refractivity contribution is 6.01. The number of piperidine rings is 1. The number of benzene rings is 2. The maximum atomic E-state index is 13.3. The van der Waals surface area contributed by atoms with Crippen molar-refractivity contribution >= 4 is 28.6 Å². The van der Waals surface area contributed by atoms with E-state index in [2.05, 4.69) is 11.1 Å². The first-order chi connectivity index (χ1) is 15.5. The van der Waals surface area contributed by atoms with E-state index in [9.17, 15) is 14.4 Å². The number of para-hydroxylation sites is 1. The van der Waals surface area contributed by atoms with Gasteiger partial charge in [0.25, 0.3) is 5.91 Å². The van der Waals surface area contributed by atoms with Crippen LogP contribution in [0.4, 0.5) is 0 Å². The molecule has 7 heteroatoms. The molecule has 5 rings (SSSR count). The number of aromatic amines is 1. The van der Waals surface area contributed by atoms with Crippen LogP contribution < -0.4 is 5.73 Å². The molecule has 3 heterocycles. The lowest BCUT2D eigenvalue weighted by atomic mass is 9.96. The minimum Gasteiger partial charge on any atom is -0.369 e. The van der Waals surface area contributed by atoms with Crippen LogP contribution in [-0.2, 0) is 9.59 Å². The molecule has 2 aromatic carbocycles. The first-order valence-electron chi connectivity index (χ1n) is 11.1. The molecule has 7 nitrogen and oxygen atoms in total. The molecular formula is C25H26N4O3. The number of amides is 3. The van der Waals surface area contributed by atoms with E-state index >= 15 is 0 Å². The van der Waals surface area contributed by atoms with Gasteiger partial charge in [0.15, 0.2) is 0 Å². The molecule has 0 radical (unpaired) electrons. The molecule has 164 valence electrons. The summed E-state index contributed by atoms with van der Waals surface area (Å²) in [6.07, 6.45) is 3.42. The molecule has 3 aromatic rings. The summed E-state index contributed by atoms with van der Waals surface area (Å²) in [4.78, 5) is 44.5. The summed E-state index contributed by atoms with van der Waals surface area (Å²) in [6.45, 7) is 1.41. The van der Waals surface area contributed by atoms with Crippen LogP contribution in [0, 0.1) is 5.92 Å². The van der Waals surface area contributed by atoms with Gasteiger partial charge in [0.2, 0.25) is 11.8 Å². The van der Waals surface area contributed by atoms with Crippen LogP contribution in [0.5, 0.6) is 0 Å². The van der Waals surface area contributed by atoms with Crippen molar-refractivity contribution < 1.29 is 14.4 Å². The molecule has 3 N–H and O–H groups in total. The molecule has 1 fully saturated rings. The zero-order valence-electron chi connectivity index (χ0n) is 17.8. The maximum Gasteiger partial charge on any atom is 0.255 e. The van der Waals surface area contributed by atoms with E-state index in [1.54, 1.807) is 4.90 Å². The van der Waals surface area contributed by atoms with Gasteiger partial charge in [-0.1, -0.05) is 36.4 Å². The van der Waals surface area contributed by atoms with E-state index in [4.69, 9.17) is 5.73 Å². The summed E-state index contributed by atoms with van der Waals surface area (Å²) in [7, 11) is 0. The van der Waals surface area contributed by atoms with Crippen LogP contribution in [-0.4, -0.2) is 52.1 Å². The Morgan fingerprint density at radius 1 is 1.00 bits per heavy atom. The van der Waals surface area contributed by atoms with Crippen molar-refractivity contribution in [2.75, 3.05) is 19.6 Å². The number of H-pyrrole nitrogens is 1. The molecule has 2 aliphatic rings. The number of primary amides is 1. The number of hydrogen-bond donors (Lipinski definition) is 2. The molecule has 1 unspecified atom stereocenters. The lowest BCUT2D eigenvalue weighted by Crippen LogP contribution is -2.43.